The van der Waals surface area contributed by atoms with Crippen LogP contribution in [0.2, 0.25) is 0 Å². The Morgan fingerprint density at radius 3 is 2.41 bits per heavy atom. The van der Waals surface area contributed by atoms with Crippen LogP contribution in [-0.2, 0) is 0 Å². The number of rotatable bonds is 4. The van der Waals surface area contributed by atoms with Gasteiger partial charge in [-0.25, -0.2) is 9.97 Å². The average molecular weight is 292 g/mol. The second-order valence-electron chi connectivity index (χ2n) is 4.81. The lowest BCUT2D eigenvalue weighted by atomic mass is 10.2. The zero-order valence-corrected chi connectivity index (χ0v) is 12.4. The zero-order valence-electron chi connectivity index (χ0n) is 12.4. The molecule has 22 heavy (non-hydrogen) atoms. The third kappa shape index (κ3) is 3.03. The Kier molecular flexibility index (Phi) is 3.96. The van der Waals surface area contributed by atoms with E-state index in [1.807, 2.05) is 49.5 Å². The minimum atomic E-state index is 0.671. The van der Waals surface area contributed by atoms with Gasteiger partial charge in [0.25, 0.3) is 0 Å². The van der Waals surface area contributed by atoms with Gasteiger partial charge in [-0.05, 0) is 43.3 Å². The maximum absolute atomic E-state index is 5.17. The summed E-state index contributed by atoms with van der Waals surface area (Å²) < 4.78 is 5.17. The lowest BCUT2D eigenvalue weighted by Gasteiger charge is -2.10. The van der Waals surface area contributed by atoms with Gasteiger partial charge in [0, 0.05) is 35.4 Å². The largest absolute Gasteiger partial charge is 0.497 e. The summed E-state index contributed by atoms with van der Waals surface area (Å²) in [6.45, 7) is 1.97. The predicted octanol–water partition coefficient (Wildman–Crippen LogP) is 3.60. The number of hydrogen-bond donors (Lipinski definition) is 1. The van der Waals surface area contributed by atoms with Gasteiger partial charge in [0.1, 0.15) is 11.6 Å². The van der Waals surface area contributed by atoms with Gasteiger partial charge in [0.05, 0.1) is 7.11 Å². The molecule has 0 bridgehead atoms. The molecule has 2 aromatic heterocycles. The number of benzene rings is 1. The van der Waals surface area contributed by atoms with Crippen molar-refractivity contribution in [2.24, 2.45) is 0 Å². The van der Waals surface area contributed by atoms with Gasteiger partial charge < -0.3 is 10.1 Å². The molecule has 0 spiro atoms. The van der Waals surface area contributed by atoms with Crippen LogP contribution in [0.15, 0.2) is 55.0 Å². The highest BCUT2D eigenvalue weighted by atomic mass is 16.5. The van der Waals surface area contributed by atoms with Crippen LogP contribution in [0.5, 0.6) is 5.75 Å². The van der Waals surface area contributed by atoms with E-state index in [9.17, 15) is 0 Å². The molecule has 0 aliphatic carbocycles. The lowest BCUT2D eigenvalue weighted by Crippen LogP contribution is -2.00. The van der Waals surface area contributed by atoms with Crippen molar-refractivity contribution in [2.75, 3.05) is 12.4 Å². The highest BCUT2D eigenvalue weighted by molar-refractivity contribution is 5.63. The molecule has 0 aliphatic rings. The van der Waals surface area contributed by atoms with E-state index in [4.69, 9.17) is 4.74 Å². The average Bonchev–Trinajstić information content (AvgIpc) is 2.58. The fourth-order valence-corrected chi connectivity index (χ4v) is 2.02. The van der Waals surface area contributed by atoms with E-state index in [0.29, 0.717) is 5.82 Å². The highest BCUT2D eigenvalue weighted by Crippen LogP contribution is 2.23. The SMILES string of the molecule is COc1ccc(-c2ncc(C)c(Nc3ccncc3)n2)cc1. The third-order valence-electron chi connectivity index (χ3n) is 3.26. The highest BCUT2D eigenvalue weighted by Gasteiger charge is 2.07. The molecule has 0 atom stereocenters. The van der Waals surface area contributed by atoms with Gasteiger partial charge in [-0.15, -0.1) is 0 Å². The van der Waals surface area contributed by atoms with E-state index in [0.717, 1.165) is 28.4 Å². The molecule has 110 valence electrons. The number of aryl methyl sites for hydroxylation is 1. The second kappa shape index (κ2) is 6.22. The van der Waals surface area contributed by atoms with Crippen LogP contribution >= 0.6 is 0 Å². The minimum Gasteiger partial charge on any atom is -0.497 e. The molecule has 3 rings (SSSR count). The Balaban J connectivity index is 1.91. The molecule has 1 aromatic carbocycles. The van der Waals surface area contributed by atoms with E-state index < -0.39 is 0 Å². The van der Waals surface area contributed by atoms with Crippen LogP contribution in [0.1, 0.15) is 5.56 Å². The summed E-state index contributed by atoms with van der Waals surface area (Å²) in [4.78, 5) is 13.0. The Labute approximate surface area is 129 Å². The molecule has 0 amide bonds. The molecule has 3 aromatic rings. The smallest absolute Gasteiger partial charge is 0.161 e. The van der Waals surface area contributed by atoms with Gasteiger partial charge in [-0.2, -0.15) is 0 Å². The molecule has 0 aliphatic heterocycles. The maximum Gasteiger partial charge on any atom is 0.161 e. The third-order valence-corrected chi connectivity index (χ3v) is 3.26. The van der Waals surface area contributed by atoms with Crippen LogP contribution < -0.4 is 10.1 Å². The molecule has 0 unspecified atom stereocenters. The molecule has 5 nitrogen and oxygen atoms in total. The van der Waals surface area contributed by atoms with Crippen LogP contribution in [-0.4, -0.2) is 22.1 Å². The monoisotopic (exact) mass is 292 g/mol. The summed E-state index contributed by atoms with van der Waals surface area (Å²) >= 11 is 0. The Bertz CT molecular complexity index is 757. The molecular weight excluding hydrogens is 276 g/mol. The zero-order chi connectivity index (χ0) is 15.4. The van der Waals surface area contributed by atoms with Crippen LogP contribution in [0.4, 0.5) is 11.5 Å². The molecule has 1 N–H and O–H groups in total. The Morgan fingerprint density at radius 2 is 1.73 bits per heavy atom. The van der Waals surface area contributed by atoms with Crippen LogP contribution in [0.3, 0.4) is 0 Å². The van der Waals surface area contributed by atoms with Gasteiger partial charge in [0.2, 0.25) is 0 Å². The Hall–Kier alpha value is -2.95. The first-order chi connectivity index (χ1) is 10.8. The number of hydrogen-bond acceptors (Lipinski definition) is 5. The number of pyridine rings is 1. The summed E-state index contributed by atoms with van der Waals surface area (Å²) in [6, 6.07) is 11.5. The minimum absolute atomic E-state index is 0.671. The van der Waals surface area contributed by atoms with Gasteiger partial charge in [0.15, 0.2) is 5.82 Å². The number of nitrogens with zero attached hydrogens (tertiary/aromatic N) is 3. The molecule has 0 saturated carbocycles. The standard InChI is InChI=1S/C17H16N4O/c1-12-11-19-17(13-3-5-15(22-2)6-4-13)21-16(12)20-14-7-9-18-10-8-14/h3-11H,1-2H3,(H,18,19,20,21). The number of aromatic nitrogens is 3. The molecule has 0 saturated heterocycles. The van der Waals surface area contributed by atoms with Crippen molar-refractivity contribution in [3.8, 4) is 17.1 Å². The first kappa shape index (κ1) is 14.0. The number of nitrogens with one attached hydrogen (secondary N) is 1. The number of ether oxygens (including phenoxy) is 1. The van der Waals surface area contributed by atoms with Crippen molar-refractivity contribution in [1.29, 1.82) is 0 Å². The topological polar surface area (TPSA) is 59.9 Å². The summed E-state index contributed by atoms with van der Waals surface area (Å²) in [5, 5.41) is 3.29. The lowest BCUT2D eigenvalue weighted by molar-refractivity contribution is 0.415. The molecule has 0 radical (unpaired) electrons. The predicted molar refractivity (Wildman–Crippen MR) is 86.3 cm³/mol. The van der Waals surface area contributed by atoms with E-state index >= 15 is 0 Å². The van der Waals surface area contributed by atoms with E-state index in [1.54, 1.807) is 19.5 Å². The van der Waals surface area contributed by atoms with Gasteiger partial charge >= 0.3 is 0 Å². The molecule has 5 heteroatoms. The fourth-order valence-electron chi connectivity index (χ4n) is 2.02. The van der Waals surface area contributed by atoms with Crippen molar-refractivity contribution in [3.05, 3.63) is 60.6 Å². The van der Waals surface area contributed by atoms with Crippen molar-refractivity contribution >= 4 is 11.5 Å². The summed E-state index contributed by atoms with van der Waals surface area (Å²) in [5.74, 6) is 2.27. The molecule has 2 heterocycles. The summed E-state index contributed by atoms with van der Waals surface area (Å²) in [5.41, 5.74) is 2.87. The van der Waals surface area contributed by atoms with E-state index in [2.05, 4.69) is 20.3 Å². The first-order valence-electron chi connectivity index (χ1n) is 6.91. The second-order valence-corrected chi connectivity index (χ2v) is 4.81. The maximum atomic E-state index is 5.17. The van der Waals surface area contributed by atoms with Crippen molar-refractivity contribution < 1.29 is 4.74 Å². The summed E-state index contributed by atoms with van der Waals surface area (Å²) in [7, 11) is 1.65. The van der Waals surface area contributed by atoms with Gasteiger partial charge in [-0.1, -0.05) is 0 Å². The van der Waals surface area contributed by atoms with E-state index in [1.165, 1.54) is 0 Å². The first-order valence-corrected chi connectivity index (χ1v) is 6.91. The Morgan fingerprint density at radius 1 is 1.00 bits per heavy atom. The normalized spacial score (nSPS) is 10.3. The number of anilines is 2. The summed E-state index contributed by atoms with van der Waals surface area (Å²) in [6.07, 6.45) is 5.29. The van der Waals surface area contributed by atoms with Crippen LogP contribution in [0.25, 0.3) is 11.4 Å². The fraction of sp³-hybridized carbons (Fsp3) is 0.118. The van der Waals surface area contributed by atoms with Gasteiger partial charge in [-0.3, -0.25) is 4.98 Å². The molecular formula is C17H16N4O. The van der Waals surface area contributed by atoms with Crippen LogP contribution in [0, 0.1) is 6.92 Å². The number of methoxy groups -OCH3 is 1. The quantitative estimate of drug-likeness (QED) is 0.796. The van der Waals surface area contributed by atoms with Crippen molar-refractivity contribution in [3.63, 3.8) is 0 Å². The van der Waals surface area contributed by atoms with Crippen molar-refractivity contribution in [1.82, 2.24) is 15.0 Å². The van der Waals surface area contributed by atoms with Crippen molar-refractivity contribution in [2.45, 2.75) is 6.92 Å². The molecule has 0 fully saturated rings. The van der Waals surface area contributed by atoms with E-state index in [-0.39, 0.29) is 0 Å².